The van der Waals surface area contributed by atoms with Gasteiger partial charge in [0, 0.05) is 32.9 Å². The lowest BCUT2D eigenvalue weighted by Crippen LogP contribution is -2.16. The molecule has 2 heterocycles. The third-order valence-corrected chi connectivity index (χ3v) is 4.75. The maximum atomic E-state index is 12.0. The lowest BCUT2D eigenvalue weighted by molar-refractivity contribution is -0.150. The van der Waals surface area contributed by atoms with Crippen molar-refractivity contribution in [1.29, 1.82) is 0 Å². The number of rotatable bonds is 3. The van der Waals surface area contributed by atoms with Gasteiger partial charge in [0.25, 0.3) is 0 Å². The van der Waals surface area contributed by atoms with E-state index in [0.29, 0.717) is 16.3 Å². The maximum absolute atomic E-state index is 12.0. The van der Waals surface area contributed by atoms with Gasteiger partial charge in [0.1, 0.15) is 5.65 Å². The van der Waals surface area contributed by atoms with Gasteiger partial charge in [0.05, 0.1) is 7.11 Å². The van der Waals surface area contributed by atoms with Crippen molar-refractivity contribution in [2.45, 2.75) is 26.9 Å². The summed E-state index contributed by atoms with van der Waals surface area (Å²) in [6.45, 7) is 5.72. The number of H-pyrrole nitrogens is 1. The second kappa shape index (κ2) is 6.50. The number of fused-ring (bicyclic) bond motifs is 1. The molecule has 1 aromatic carbocycles. The van der Waals surface area contributed by atoms with E-state index in [1.807, 2.05) is 26.0 Å². The first-order chi connectivity index (χ1) is 11.8. The number of benzene rings is 1. The van der Waals surface area contributed by atoms with E-state index in [1.165, 1.54) is 7.11 Å². The summed E-state index contributed by atoms with van der Waals surface area (Å²) in [6, 6.07) is 7.29. The molecule has 2 N–H and O–H groups in total. The number of ether oxygens (including phenoxy) is 1. The van der Waals surface area contributed by atoms with Crippen LogP contribution in [-0.4, -0.2) is 28.2 Å². The largest absolute Gasteiger partial charge is 0.467 e. The Balaban J connectivity index is 2.43. The fourth-order valence-electron chi connectivity index (χ4n) is 3.11. The highest BCUT2D eigenvalue weighted by molar-refractivity contribution is 6.30. The number of carbonyl (C=O) groups excluding carboxylic acids is 1. The lowest BCUT2D eigenvalue weighted by Gasteiger charge is -2.18. The number of nitrogens with one attached hydrogen (secondary N) is 1. The van der Waals surface area contributed by atoms with E-state index in [4.69, 9.17) is 16.3 Å². The molecule has 5 nitrogen and oxygen atoms in total. The normalized spacial score (nSPS) is 12.4. The van der Waals surface area contributed by atoms with Gasteiger partial charge in [-0.3, -0.25) is 0 Å². The topological polar surface area (TPSA) is 75.2 Å². The van der Waals surface area contributed by atoms with Crippen molar-refractivity contribution >= 4 is 28.6 Å². The number of carbonyl (C=O) groups is 1. The van der Waals surface area contributed by atoms with Crippen molar-refractivity contribution in [3.63, 3.8) is 0 Å². The Kier molecular flexibility index (Phi) is 4.54. The number of hydrogen-bond donors (Lipinski definition) is 2. The van der Waals surface area contributed by atoms with Gasteiger partial charge >= 0.3 is 5.97 Å². The summed E-state index contributed by atoms with van der Waals surface area (Å²) in [6.07, 6.45) is -1.41. The lowest BCUT2D eigenvalue weighted by atomic mass is 9.91. The van der Waals surface area contributed by atoms with E-state index < -0.39 is 12.1 Å². The zero-order valence-electron chi connectivity index (χ0n) is 14.5. The van der Waals surface area contributed by atoms with Crippen LogP contribution in [0.25, 0.3) is 22.2 Å². The zero-order valence-corrected chi connectivity index (χ0v) is 15.2. The van der Waals surface area contributed by atoms with Gasteiger partial charge in [-0.15, -0.1) is 0 Å². The minimum Gasteiger partial charge on any atom is -0.467 e. The van der Waals surface area contributed by atoms with Crippen molar-refractivity contribution in [3.05, 3.63) is 51.8 Å². The number of halogens is 1. The molecule has 3 aromatic rings. The Morgan fingerprint density at radius 3 is 2.48 bits per heavy atom. The van der Waals surface area contributed by atoms with Crippen molar-refractivity contribution < 1.29 is 14.6 Å². The van der Waals surface area contributed by atoms with Gasteiger partial charge in [0.15, 0.2) is 6.10 Å². The molecule has 0 aliphatic rings. The number of aromatic amines is 1. The number of methoxy groups -OCH3 is 1. The molecule has 0 spiro atoms. The minimum absolute atomic E-state index is 0.448. The fraction of sp³-hybridized carbons (Fsp3) is 0.263. The van der Waals surface area contributed by atoms with Crippen molar-refractivity contribution in [2.75, 3.05) is 7.11 Å². The maximum Gasteiger partial charge on any atom is 0.339 e. The number of aliphatic hydroxyl groups is 1. The summed E-state index contributed by atoms with van der Waals surface area (Å²) < 4.78 is 4.73. The number of aliphatic hydroxyl groups excluding tert-OH is 1. The first-order valence-corrected chi connectivity index (χ1v) is 8.24. The summed E-state index contributed by atoms with van der Waals surface area (Å²) in [5, 5.41) is 12.1. The molecule has 2 aromatic heterocycles. The second-order valence-corrected chi connectivity index (χ2v) is 6.45. The van der Waals surface area contributed by atoms with Crippen molar-refractivity contribution in [2.24, 2.45) is 0 Å². The van der Waals surface area contributed by atoms with Crippen LogP contribution in [0.3, 0.4) is 0 Å². The Bertz CT molecular complexity index is 961. The predicted octanol–water partition coefficient (Wildman–Crippen LogP) is 4.01. The Morgan fingerprint density at radius 1 is 1.24 bits per heavy atom. The highest BCUT2D eigenvalue weighted by atomic mass is 35.5. The number of nitrogens with zero attached hydrogens (tertiary/aromatic N) is 1. The number of hydrogen-bond acceptors (Lipinski definition) is 4. The van der Waals surface area contributed by atoms with Crippen LogP contribution in [0.4, 0.5) is 0 Å². The van der Waals surface area contributed by atoms with Crippen molar-refractivity contribution in [1.82, 2.24) is 9.97 Å². The molecule has 0 saturated carbocycles. The highest BCUT2D eigenvalue weighted by Crippen LogP contribution is 2.39. The van der Waals surface area contributed by atoms with Crippen LogP contribution in [0.5, 0.6) is 0 Å². The summed E-state index contributed by atoms with van der Waals surface area (Å²) in [5.74, 6) is -0.718. The number of aryl methyl sites for hydroxylation is 3. The third-order valence-electron chi connectivity index (χ3n) is 4.50. The Morgan fingerprint density at radius 2 is 1.88 bits per heavy atom. The second-order valence-electron chi connectivity index (χ2n) is 6.02. The van der Waals surface area contributed by atoms with Gasteiger partial charge in [-0.1, -0.05) is 23.7 Å². The SMILES string of the molecule is COC(=O)C(O)c1c(C)nc2[nH]c(C)c(C)c2c1-c1ccc(Cl)cc1. The van der Waals surface area contributed by atoms with Crippen LogP contribution in [0, 0.1) is 20.8 Å². The highest BCUT2D eigenvalue weighted by Gasteiger charge is 2.28. The predicted molar refractivity (Wildman–Crippen MR) is 97.7 cm³/mol. The van der Waals surface area contributed by atoms with Gasteiger partial charge in [-0.05, 0) is 44.0 Å². The van der Waals surface area contributed by atoms with Crippen molar-refractivity contribution in [3.8, 4) is 11.1 Å². The minimum atomic E-state index is -1.41. The van der Waals surface area contributed by atoms with Crippen LogP contribution >= 0.6 is 11.6 Å². The molecule has 0 aliphatic heterocycles. The molecule has 0 aliphatic carbocycles. The van der Waals surface area contributed by atoms with E-state index in [9.17, 15) is 9.90 Å². The number of aromatic nitrogens is 2. The molecular weight excluding hydrogens is 340 g/mol. The molecule has 6 heteroatoms. The molecule has 25 heavy (non-hydrogen) atoms. The van der Waals surface area contributed by atoms with E-state index >= 15 is 0 Å². The van der Waals surface area contributed by atoms with Gasteiger partial charge < -0.3 is 14.8 Å². The van der Waals surface area contributed by atoms with E-state index in [1.54, 1.807) is 19.1 Å². The smallest absolute Gasteiger partial charge is 0.339 e. The average Bonchev–Trinajstić information content (AvgIpc) is 2.87. The first-order valence-electron chi connectivity index (χ1n) is 7.86. The van der Waals surface area contributed by atoms with Crippen LogP contribution in [0.2, 0.25) is 5.02 Å². The number of pyridine rings is 1. The van der Waals surface area contributed by atoms with Gasteiger partial charge in [0.2, 0.25) is 0 Å². The summed E-state index contributed by atoms with van der Waals surface area (Å²) in [5.41, 5.74) is 5.35. The molecule has 0 saturated heterocycles. The van der Waals surface area contributed by atoms with E-state index in [0.717, 1.165) is 33.4 Å². The molecular formula is C19H19ClN2O3. The van der Waals surface area contributed by atoms with Crippen LogP contribution in [0.1, 0.15) is 28.6 Å². The molecule has 0 fully saturated rings. The first kappa shape index (κ1) is 17.5. The zero-order chi connectivity index (χ0) is 18.3. The fourth-order valence-corrected chi connectivity index (χ4v) is 3.24. The number of esters is 1. The molecule has 1 atom stereocenters. The monoisotopic (exact) mass is 358 g/mol. The van der Waals surface area contributed by atoms with Crippen LogP contribution in [0.15, 0.2) is 24.3 Å². The van der Waals surface area contributed by atoms with E-state index in [-0.39, 0.29) is 0 Å². The molecule has 0 amide bonds. The van der Waals surface area contributed by atoms with Crippen LogP contribution in [-0.2, 0) is 9.53 Å². The molecule has 1 unspecified atom stereocenters. The Labute approximate surface area is 150 Å². The standard InChI is InChI=1S/C19H19ClN2O3/c1-9-10(2)21-18-14(9)16(12-5-7-13(20)8-6-12)15(11(3)22-18)17(23)19(24)25-4/h5-8,17,23H,1-4H3,(H,21,22). The van der Waals surface area contributed by atoms with Gasteiger partial charge in [-0.2, -0.15) is 0 Å². The van der Waals surface area contributed by atoms with Gasteiger partial charge in [-0.25, -0.2) is 9.78 Å². The third kappa shape index (κ3) is 2.90. The molecule has 0 bridgehead atoms. The molecule has 130 valence electrons. The van der Waals surface area contributed by atoms with Crippen LogP contribution < -0.4 is 0 Å². The quantitative estimate of drug-likeness (QED) is 0.693. The molecule has 0 radical (unpaired) electrons. The molecule has 3 rings (SSSR count). The van der Waals surface area contributed by atoms with E-state index in [2.05, 4.69) is 9.97 Å². The summed E-state index contributed by atoms with van der Waals surface area (Å²) >= 11 is 6.02. The Hall–Kier alpha value is -2.37. The summed E-state index contributed by atoms with van der Waals surface area (Å²) in [7, 11) is 1.25. The summed E-state index contributed by atoms with van der Waals surface area (Å²) in [4.78, 5) is 19.8. The average molecular weight is 359 g/mol.